The fourth-order valence-corrected chi connectivity index (χ4v) is 8.56. The first kappa shape index (κ1) is 19.5. The maximum Gasteiger partial charge on any atom is 0.302 e. The predicted molar refractivity (Wildman–Crippen MR) is 106 cm³/mol. The first-order valence-electron chi connectivity index (χ1n) is 11.4. The van der Waals surface area contributed by atoms with Crippen LogP contribution in [0, 0.1) is 46.3 Å². The number of ether oxygens (including phenoxy) is 1. The Hall–Kier alpha value is -0.860. The zero-order valence-electron chi connectivity index (χ0n) is 17.7. The van der Waals surface area contributed by atoms with Gasteiger partial charge in [0.15, 0.2) is 0 Å². The molecule has 4 aliphatic rings. The van der Waals surface area contributed by atoms with Crippen LogP contribution in [0.4, 0.5) is 0 Å². The van der Waals surface area contributed by atoms with E-state index in [-0.39, 0.29) is 18.0 Å². The lowest BCUT2D eigenvalue weighted by Gasteiger charge is -2.61. The molecule has 0 aromatic rings. The summed E-state index contributed by atoms with van der Waals surface area (Å²) in [5.41, 5.74) is 0.800. The van der Waals surface area contributed by atoms with Crippen molar-refractivity contribution in [1.82, 2.24) is 0 Å². The molecule has 0 saturated heterocycles. The zero-order chi connectivity index (χ0) is 19.4. The molecule has 0 N–H and O–H groups in total. The number of hydrogen-bond acceptors (Lipinski definition) is 3. The second-order valence-electron chi connectivity index (χ2n) is 10.9. The van der Waals surface area contributed by atoms with Crippen molar-refractivity contribution >= 4 is 12.3 Å². The average Bonchev–Trinajstić information content (AvgIpc) is 2.98. The average molecular weight is 375 g/mol. The van der Waals surface area contributed by atoms with Crippen LogP contribution in [0.25, 0.3) is 0 Å². The molecular formula is C24H38O3. The smallest absolute Gasteiger partial charge is 0.302 e. The summed E-state index contributed by atoms with van der Waals surface area (Å²) in [5, 5.41) is 0. The van der Waals surface area contributed by atoms with Gasteiger partial charge >= 0.3 is 5.97 Å². The highest BCUT2D eigenvalue weighted by Crippen LogP contribution is 2.68. The Morgan fingerprint density at radius 3 is 2.41 bits per heavy atom. The summed E-state index contributed by atoms with van der Waals surface area (Å²) >= 11 is 0. The monoisotopic (exact) mass is 374 g/mol. The van der Waals surface area contributed by atoms with Gasteiger partial charge < -0.3 is 9.53 Å². The molecule has 4 rings (SSSR count). The van der Waals surface area contributed by atoms with Crippen LogP contribution < -0.4 is 0 Å². The molecule has 0 aromatic carbocycles. The van der Waals surface area contributed by atoms with Crippen LogP contribution in [0.5, 0.6) is 0 Å². The molecule has 27 heavy (non-hydrogen) atoms. The van der Waals surface area contributed by atoms with Gasteiger partial charge in [0.2, 0.25) is 0 Å². The molecule has 4 fully saturated rings. The number of carbonyl (C=O) groups excluding carboxylic acids is 2. The molecule has 152 valence electrons. The summed E-state index contributed by atoms with van der Waals surface area (Å²) in [6.07, 6.45) is 12.6. The minimum absolute atomic E-state index is 0.119. The Balaban J connectivity index is 1.53. The Labute approximate surface area is 165 Å². The normalized spacial score (nSPS) is 50.1. The number of fused-ring (bicyclic) bond motifs is 5. The van der Waals surface area contributed by atoms with Crippen LogP contribution in [-0.2, 0) is 14.3 Å². The Bertz CT molecular complexity index is 600. The van der Waals surface area contributed by atoms with Gasteiger partial charge in [-0.05, 0) is 98.2 Å². The van der Waals surface area contributed by atoms with E-state index in [0.717, 1.165) is 30.6 Å². The van der Waals surface area contributed by atoms with Gasteiger partial charge in [-0.25, -0.2) is 0 Å². The van der Waals surface area contributed by atoms with Crippen molar-refractivity contribution < 1.29 is 14.3 Å². The van der Waals surface area contributed by atoms with E-state index in [0.29, 0.717) is 22.7 Å². The van der Waals surface area contributed by atoms with E-state index in [2.05, 4.69) is 20.8 Å². The second kappa shape index (κ2) is 6.88. The second-order valence-corrected chi connectivity index (χ2v) is 10.9. The van der Waals surface area contributed by atoms with E-state index in [1.54, 1.807) is 6.92 Å². The van der Waals surface area contributed by atoms with Crippen molar-refractivity contribution in [3.8, 4) is 0 Å². The molecule has 0 bridgehead atoms. The van der Waals surface area contributed by atoms with Crippen molar-refractivity contribution in [2.24, 2.45) is 46.3 Å². The third-order valence-corrected chi connectivity index (χ3v) is 9.87. The van der Waals surface area contributed by atoms with Gasteiger partial charge in [-0.2, -0.15) is 0 Å². The van der Waals surface area contributed by atoms with Crippen LogP contribution in [0.3, 0.4) is 0 Å². The van der Waals surface area contributed by atoms with Crippen LogP contribution in [0.1, 0.15) is 85.5 Å². The van der Waals surface area contributed by atoms with Gasteiger partial charge in [0, 0.05) is 12.8 Å². The van der Waals surface area contributed by atoms with Gasteiger partial charge in [0.05, 0.1) is 0 Å². The molecule has 4 saturated carbocycles. The van der Waals surface area contributed by atoms with Crippen molar-refractivity contribution in [2.75, 3.05) is 0 Å². The van der Waals surface area contributed by atoms with Crippen molar-refractivity contribution in [2.45, 2.75) is 91.6 Å². The minimum Gasteiger partial charge on any atom is -0.463 e. The van der Waals surface area contributed by atoms with Crippen LogP contribution in [0.2, 0.25) is 0 Å². The molecule has 0 amide bonds. The van der Waals surface area contributed by atoms with Gasteiger partial charge in [-0.3, -0.25) is 4.79 Å². The number of aldehydes is 1. The van der Waals surface area contributed by atoms with Crippen molar-refractivity contribution in [3.05, 3.63) is 0 Å². The molecule has 3 heteroatoms. The van der Waals surface area contributed by atoms with Crippen molar-refractivity contribution in [1.29, 1.82) is 0 Å². The summed E-state index contributed by atoms with van der Waals surface area (Å²) in [4.78, 5) is 22.9. The van der Waals surface area contributed by atoms with E-state index < -0.39 is 0 Å². The summed E-state index contributed by atoms with van der Waals surface area (Å²) in [6.45, 7) is 8.76. The molecular weight excluding hydrogens is 336 g/mol. The molecule has 4 aliphatic carbocycles. The molecule has 0 heterocycles. The molecule has 0 unspecified atom stereocenters. The third-order valence-electron chi connectivity index (χ3n) is 9.87. The topological polar surface area (TPSA) is 43.4 Å². The fourth-order valence-electron chi connectivity index (χ4n) is 8.56. The van der Waals surface area contributed by atoms with Crippen LogP contribution in [0.15, 0.2) is 0 Å². The lowest BCUT2D eigenvalue weighted by Crippen LogP contribution is -2.54. The van der Waals surface area contributed by atoms with Gasteiger partial charge in [-0.15, -0.1) is 0 Å². The Kier molecular flexibility index (Phi) is 4.96. The van der Waals surface area contributed by atoms with E-state index in [9.17, 15) is 9.59 Å². The summed E-state index contributed by atoms with van der Waals surface area (Å²) in [6, 6.07) is 0. The Morgan fingerprint density at radius 1 is 1.00 bits per heavy atom. The van der Waals surface area contributed by atoms with E-state index >= 15 is 0 Å². The quantitative estimate of drug-likeness (QED) is 0.490. The number of rotatable bonds is 3. The minimum atomic E-state index is -0.119. The zero-order valence-corrected chi connectivity index (χ0v) is 17.7. The number of carbonyl (C=O) groups is 2. The lowest BCUT2D eigenvalue weighted by molar-refractivity contribution is -0.160. The highest BCUT2D eigenvalue weighted by molar-refractivity contribution is 5.66. The van der Waals surface area contributed by atoms with E-state index in [1.165, 1.54) is 51.2 Å². The Morgan fingerprint density at radius 2 is 1.70 bits per heavy atom. The fraction of sp³-hybridized carbons (Fsp3) is 0.917. The predicted octanol–water partition coefficient (Wildman–Crippen LogP) is 5.41. The van der Waals surface area contributed by atoms with Crippen molar-refractivity contribution in [3.63, 3.8) is 0 Å². The first-order valence-corrected chi connectivity index (χ1v) is 11.4. The molecule has 3 nitrogen and oxygen atoms in total. The largest absolute Gasteiger partial charge is 0.463 e. The summed E-state index contributed by atoms with van der Waals surface area (Å²) in [5.74, 6) is 3.89. The SMILES string of the molecule is CC(=O)O[C@H]1CC[C@@]2(C)[C@@H](CC[C@@H]3[C@@H]2CC[C@]2(C)[C@@H]([C@@H](C)C=O)CC[C@@H]32)C1. The molecule has 0 aliphatic heterocycles. The van der Waals surface area contributed by atoms with Gasteiger partial charge in [0.25, 0.3) is 0 Å². The first-order chi connectivity index (χ1) is 12.8. The van der Waals surface area contributed by atoms with E-state index in [1.807, 2.05) is 0 Å². The van der Waals surface area contributed by atoms with Crippen LogP contribution in [-0.4, -0.2) is 18.4 Å². The lowest BCUT2D eigenvalue weighted by atomic mass is 9.44. The highest BCUT2D eigenvalue weighted by atomic mass is 16.5. The summed E-state index contributed by atoms with van der Waals surface area (Å²) in [7, 11) is 0. The van der Waals surface area contributed by atoms with Gasteiger partial charge in [-0.1, -0.05) is 20.8 Å². The molecule has 9 atom stereocenters. The highest BCUT2D eigenvalue weighted by Gasteiger charge is 2.60. The standard InChI is InChI=1S/C24H38O3/c1-15(14-25)20-7-8-21-19-6-5-17-13-18(27-16(2)26)9-11-23(17,3)22(19)10-12-24(20,21)4/h14-15,17-22H,5-13H2,1-4H3/t15-,17-,18-,19-,20+,21-,22-,23-,24+/m0/s1. The molecule has 0 radical (unpaired) electrons. The van der Waals surface area contributed by atoms with Crippen LogP contribution >= 0.6 is 0 Å². The summed E-state index contributed by atoms with van der Waals surface area (Å²) < 4.78 is 5.59. The maximum absolute atomic E-state index is 11.5. The number of esters is 1. The third kappa shape index (κ3) is 2.99. The maximum atomic E-state index is 11.5. The molecule has 0 aromatic heterocycles. The van der Waals surface area contributed by atoms with E-state index in [4.69, 9.17) is 4.74 Å². The van der Waals surface area contributed by atoms with Gasteiger partial charge in [0.1, 0.15) is 12.4 Å². The number of hydrogen-bond donors (Lipinski definition) is 0. The molecule has 0 spiro atoms.